The van der Waals surface area contributed by atoms with E-state index < -0.39 is 0 Å². The van der Waals surface area contributed by atoms with Crippen LogP contribution < -0.4 is 10.2 Å². The molecule has 5 heteroatoms. The van der Waals surface area contributed by atoms with Gasteiger partial charge in [-0.3, -0.25) is 0 Å². The number of nitrogens with one attached hydrogen (secondary N) is 1. The van der Waals surface area contributed by atoms with Crippen LogP contribution >= 0.6 is 0 Å². The third kappa shape index (κ3) is 4.84. The van der Waals surface area contributed by atoms with Crippen LogP contribution in [0.5, 0.6) is 0 Å². The zero-order valence-electron chi connectivity index (χ0n) is 13.6. The van der Waals surface area contributed by atoms with Gasteiger partial charge in [-0.05, 0) is 33.1 Å². The maximum absolute atomic E-state index is 5.47. The molecule has 118 valence electrons. The highest BCUT2D eigenvalue weighted by Crippen LogP contribution is 2.39. The Morgan fingerprint density at radius 3 is 2.71 bits per heavy atom. The van der Waals surface area contributed by atoms with E-state index in [0.717, 1.165) is 56.7 Å². The Morgan fingerprint density at radius 1 is 1.29 bits per heavy atom. The average molecular weight is 292 g/mol. The molecule has 1 heterocycles. The van der Waals surface area contributed by atoms with Crippen molar-refractivity contribution in [1.82, 2.24) is 9.97 Å². The fraction of sp³-hybridized carbons (Fsp3) is 0.750. The molecule has 1 aromatic heterocycles. The highest BCUT2D eigenvalue weighted by atomic mass is 16.5. The van der Waals surface area contributed by atoms with Crippen LogP contribution in [-0.2, 0) is 4.74 Å². The van der Waals surface area contributed by atoms with Gasteiger partial charge in [0.05, 0.1) is 6.61 Å². The molecule has 0 amide bonds. The maximum atomic E-state index is 5.47. The summed E-state index contributed by atoms with van der Waals surface area (Å²) in [5, 5.41) is 3.39. The summed E-state index contributed by atoms with van der Waals surface area (Å²) in [5.41, 5.74) is 0. The van der Waals surface area contributed by atoms with Crippen molar-refractivity contribution in [3.63, 3.8) is 0 Å². The van der Waals surface area contributed by atoms with E-state index in [4.69, 9.17) is 9.72 Å². The molecule has 0 atom stereocenters. The fourth-order valence-corrected chi connectivity index (χ4v) is 2.24. The lowest BCUT2D eigenvalue weighted by Crippen LogP contribution is -2.28. The van der Waals surface area contributed by atoms with Gasteiger partial charge in [0, 0.05) is 38.2 Å². The summed E-state index contributed by atoms with van der Waals surface area (Å²) in [5.74, 6) is 3.55. The van der Waals surface area contributed by atoms with Crippen LogP contribution in [0.3, 0.4) is 0 Å². The van der Waals surface area contributed by atoms with Crippen molar-refractivity contribution in [2.45, 2.75) is 46.0 Å². The summed E-state index contributed by atoms with van der Waals surface area (Å²) < 4.78 is 5.47. The quantitative estimate of drug-likeness (QED) is 0.672. The molecule has 0 saturated heterocycles. The molecular formula is C16H28N4O. The van der Waals surface area contributed by atoms with Gasteiger partial charge in [0.25, 0.3) is 0 Å². The Hall–Kier alpha value is -1.36. The predicted octanol–water partition coefficient (Wildman–Crippen LogP) is 3.04. The van der Waals surface area contributed by atoms with E-state index in [1.807, 2.05) is 6.92 Å². The first-order chi connectivity index (χ1) is 10.3. The van der Waals surface area contributed by atoms with E-state index in [0.29, 0.717) is 5.92 Å². The summed E-state index contributed by atoms with van der Waals surface area (Å²) >= 11 is 0. The first kappa shape index (κ1) is 16.0. The second-order valence-electron chi connectivity index (χ2n) is 5.45. The number of hydrogen-bond donors (Lipinski definition) is 1. The highest BCUT2D eigenvalue weighted by Gasteiger charge is 2.27. The van der Waals surface area contributed by atoms with Gasteiger partial charge >= 0.3 is 0 Å². The molecule has 1 saturated carbocycles. The monoisotopic (exact) mass is 292 g/mol. The fourth-order valence-electron chi connectivity index (χ4n) is 2.24. The van der Waals surface area contributed by atoms with E-state index in [2.05, 4.69) is 35.1 Å². The minimum atomic E-state index is 0.567. The van der Waals surface area contributed by atoms with Gasteiger partial charge in [-0.2, -0.15) is 0 Å². The zero-order chi connectivity index (χ0) is 15.1. The lowest BCUT2D eigenvalue weighted by molar-refractivity contribution is 0.154. The Labute approximate surface area is 128 Å². The minimum absolute atomic E-state index is 0.567. The number of ether oxygens (including phenoxy) is 1. The summed E-state index contributed by atoms with van der Waals surface area (Å²) in [7, 11) is 0. The molecular weight excluding hydrogens is 264 g/mol. The molecule has 1 aromatic rings. The lowest BCUT2D eigenvalue weighted by atomic mass is 10.3. The summed E-state index contributed by atoms with van der Waals surface area (Å²) in [6.45, 7) is 10.6. The normalized spacial score (nSPS) is 14.2. The number of likely N-dealkylation sites (N-methyl/N-ethyl adjacent to an activating group) is 1. The van der Waals surface area contributed by atoms with Crippen LogP contribution in [0, 0.1) is 0 Å². The molecule has 0 aromatic carbocycles. The molecule has 0 unspecified atom stereocenters. The van der Waals surface area contributed by atoms with Gasteiger partial charge in [0.1, 0.15) is 17.5 Å². The lowest BCUT2D eigenvalue weighted by Gasteiger charge is -2.23. The van der Waals surface area contributed by atoms with E-state index in [9.17, 15) is 0 Å². The largest absolute Gasteiger partial charge is 0.380 e. The molecule has 1 fully saturated rings. The van der Waals surface area contributed by atoms with Crippen molar-refractivity contribution in [2.75, 3.05) is 43.1 Å². The minimum Gasteiger partial charge on any atom is -0.380 e. The maximum Gasteiger partial charge on any atom is 0.136 e. The van der Waals surface area contributed by atoms with Gasteiger partial charge < -0.3 is 15.0 Å². The summed E-state index contributed by atoms with van der Waals surface area (Å²) in [6.07, 6.45) is 3.55. The van der Waals surface area contributed by atoms with Gasteiger partial charge in [-0.1, -0.05) is 6.92 Å². The zero-order valence-corrected chi connectivity index (χ0v) is 13.6. The summed E-state index contributed by atoms with van der Waals surface area (Å²) in [4.78, 5) is 11.7. The van der Waals surface area contributed by atoms with Crippen molar-refractivity contribution in [3.8, 4) is 0 Å². The molecule has 0 spiro atoms. The molecule has 1 aliphatic carbocycles. The Morgan fingerprint density at radius 2 is 2.10 bits per heavy atom. The van der Waals surface area contributed by atoms with Gasteiger partial charge in [0.2, 0.25) is 0 Å². The van der Waals surface area contributed by atoms with Crippen molar-refractivity contribution in [1.29, 1.82) is 0 Å². The topological polar surface area (TPSA) is 50.3 Å². The number of hydrogen-bond acceptors (Lipinski definition) is 5. The molecule has 0 bridgehead atoms. The van der Waals surface area contributed by atoms with Crippen LogP contribution in [0.4, 0.5) is 11.6 Å². The van der Waals surface area contributed by atoms with Gasteiger partial charge in [0.15, 0.2) is 0 Å². The van der Waals surface area contributed by atoms with Crippen molar-refractivity contribution in [2.24, 2.45) is 0 Å². The third-order valence-electron chi connectivity index (χ3n) is 3.64. The average Bonchev–Trinajstić information content (AvgIpc) is 3.34. The van der Waals surface area contributed by atoms with Gasteiger partial charge in [-0.15, -0.1) is 0 Å². The molecule has 5 nitrogen and oxygen atoms in total. The van der Waals surface area contributed by atoms with Crippen LogP contribution in [-0.4, -0.2) is 42.8 Å². The number of rotatable bonds is 10. The van der Waals surface area contributed by atoms with Crippen LogP contribution in [0.15, 0.2) is 6.07 Å². The second kappa shape index (κ2) is 8.17. The van der Waals surface area contributed by atoms with E-state index in [1.54, 1.807) is 0 Å². The van der Waals surface area contributed by atoms with Crippen molar-refractivity contribution in [3.05, 3.63) is 11.9 Å². The number of aromatic nitrogens is 2. The van der Waals surface area contributed by atoms with E-state index in [1.165, 1.54) is 12.8 Å². The van der Waals surface area contributed by atoms with Crippen LogP contribution in [0.2, 0.25) is 0 Å². The molecule has 0 aliphatic heterocycles. The first-order valence-corrected chi connectivity index (χ1v) is 8.24. The molecule has 1 aliphatic rings. The molecule has 21 heavy (non-hydrogen) atoms. The van der Waals surface area contributed by atoms with Crippen molar-refractivity contribution < 1.29 is 4.74 Å². The molecule has 0 radical (unpaired) electrons. The Balaban J connectivity index is 2.12. The third-order valence-corrected chi connectivity index (χ3v) is 3.64. The van der Waals surface area contributed by atoms with Crippen molar-refractivity contribution >= 4 is 11.6 Å². The molecule has 2 rings (SSSR count). The van der Waals surface area contributed by atoms with Crippen LogP contribution in [0.25, 0.3) is 0 Å². The summed E-state index contributed by atoms with van der Waals surface area (Å²) in [6, 6.07) is 2.07. The Bertz CT molecular complexity index is 434. The van der Waals surface area contributed by atoms with Crippen LogP contribution in [0.1, 0.15) is 51.8 Å². The first-order valence-electron chi connectivity index (χ1n) is 8.24. The SMILES string of the molecule is CCCNc1cc(N(CC)CCOCC)nc(C2CC2)n1. The van der Waals surface area contributed by atoms with E-state index >= 15 is 0 Å². The molecule has 1 N–H and O–H groups in total. The van der Waals surface area contributed by atoms with E-state index in [-0.39, 0.29) is 0 Å². The highest BCUT2D eigenvalue weighted by molar-refractivity contribution is 5.50. The smallest absolute Gasteiger partial charge is 0.136 e. The number of anilines is 2. The standard InChI is InChI=1S/C16H28N4O/c1-4-9-17-14-12-15(19-16(18-14)13-7-8-13)20(5-2)10-11-21-6-3/h12-13H,4-11H2,1-3H3,(H,17,18,19). The van der Waals surface area contributed by atoms with Gasteiger partial charge in [-0.25, -0.2) is 9.97 Å². The Kier molecular flexibility index (Phi) is 6.23. The number of nitrogens with zero attached hydrogens (tertiary/aromatic N) is 3. The predicted molar refractivity (Wildman–Crippen MR) is 87.2 cm³/mol. The second-order valence-corrected chi connectivity index (χ2v) is 5.45.